The summed E-state index contributed by atoms with van der Waals surface area (Å²) >= 11 is 0. The summed E-state index contributed by atoms with van der Waals surface area (Å²) in [5.41, 5.74) is 3.58. The summed E-state index contributed by atoms with van der Waals surface area (Å²) in [4.78, 5) is 28.3. The number of nitrogens with zero attached hydrogens (tertiary/aromatic N) is 2. The van der Waals surface area contributed by atoms with Crippen molar-refractivity contribution in [3.05, 3.63) is 76.9 Å². The smallest absolute Gasteiger partial charge is 0.256 e. The Bertz CT molecular complexity index is 1270. The van der Waals surface area contributed by atoms with Crippen molar-refractivity contribution >= 4 is 28.2 Å². The molecule has 1 aliphatic heterocycles. The van der Waals surface area contributed by atoms with Crippen LogP contribution in [0.3, 0.4) is 0 Å². The maximum Gasteiger partial charge on any atom is 0.256 e. The number of nitrogens with one attached hydrogen (secondary N) is 1. The number of hydrogen-bond acceptors (Lipinski definition) is 4. The Kier molecular flexibility index (Phi) is 7.82. The van der Waals surface area contributed by atoms with Gasteiger partial charge in [0.1, 0.15) is 0 Å². The van der Waals surface area contributed by atoms with Crippen molar-refractivity contribution in [3.63, 3.8) is 0 Å². The number of carbonyl (C=O) groups is 2. The lowest BCUT2D eigenvalue weighted by Gasteiger charge is -2.26. The van der Waals surface area contributed by atoms with Crippen LogP contribution in [0.15, 0.2) is 54.6 Å². The number of anilines is 1. The second-order valence-electron chi connectivity index (χ2n) is 9.12. The lowest BCUT2D eigenvalue weighted by molar-refractivity contribution is 0.0738. The van der Waals surface area contributed by atoms with Crippen molar-refractivity contribution in [1.82, 2.24) is 4.90 Å². The maximum atomic E-state index is 13.2. The van der Waals surface area contributed by atoms with Gasteiger partial charge >= 0.3 is 0 Å². The fraction of sp³-hybridized carbons (Fsp3) is 0.367. The summed E-state index contributed by atoms with van der Waals surface area (Å²) in [6, 6.07) is 18.9. The van der Waals surface area contributed by atoms with E-state index in [1.807, 2.05) is 61.2 Å². The third-order valence-electron chi connectivity index (χ3n) is 7.00. The Morgan fingerprint density at radius 1 is 1.00 bits per heavy atom. The monoisotopic (exact) mass is 467 g/mol. The zero-order valence-electron chi connectivity index (χ0n) is 20.6. The molecule has 1 N–H and O–H groups in total. The Hall–Kier alpha value is -3.65. The van der Waals surface area contributed by atoms with E-state index >= 15 is 0 Å². The van der Waals surface area contributed by atoms with Gasteiger partial charge in [0.25, 0.3) is 5.91 Å². The van der Waals surface area contributed by atoms with E-state index in [1.54, 1.807) is 12.1 Å². The number of rotatable bonds is 6. The van der Waals surface area contributed by atoms with Crippen molar-refractivity contribution < 1.29 is 9.59 Å². The molecule has 0 saturated heterocycles. The maximum absolute atomic E-state index is 13.2. The summed E-state index contributed by atoms with van der Waals surface area (Å²) in [5.74, 6) is 0.590. The van der Waals surface area contributed by atoms with Gasteiger partial charge in [-0.3, -0.25) is 9.59 Å². The molecule has 35 heavy (non-hydrogen) atoms. The van der Waals surface area contributed by atoms with Crippen LogP contribution < -0.4 is 5.32 Å². The molecule has 180 valence electrons. The number of benzene rings is 3. The molecule has 0 spiro atoms. The van der Waals surface area contributed by atoms with Crippen molar-refractivity contribution in [1.29, 1.82) is 5.26 Å². The first-order valence-corrected chi connectivity index (χ1v) is 12.8. The average molecular weight is 468 g/mol. The molecule has 5 nitrogen and oxygen atoms in total. The van der Waals surface area contributed by atoms with Crippen LogP contribution in [0.1, 0.15) is 77.8 Å². The van der Waals surface area contributed by atoms with Crippen LogP contribution in [-0.2, 0) is 6.54 Å². The average Bonchev–Trinajstić information content (AvgIpc) is 3.23. The van der Waals surface area contributed by atoms with Crippen LogP contribution in [-0.4, -0.2) is 29.7 Å². The van der Waals surface area contributed by atoms with E-state index in [2.05, 4.69) is 11.4 Å². The number of hydrogen-bond donors (Lipinski definition) is 1. The van der Waals surface area contributed by atoms with Gasteiger partial charge in [-0.1, -0.05) is 69.5 Å². The van der Waals surface area contributed by atoms with E-state index in [0.717, 1.165) is 28.6 Å². The molecule has 0 radical (unpaired) electrons. The predicted molar refractivity (Wildman–Crippen MR) is 141 cm³/mol. The molecule has 1 heterocycles. The minimum atomic E-state index is -0.0715. The SMILES string of the molecule is CC.N#Cc1ccc(C(=O)CNc2cccc3c2C(=O)N(CC2CCCCC2)C3)c2ccccc12. The second-order valence-corrected chi connectivity index (χ2v) is 9.12. The number of carbonyl (C=O) groups excluding carboxylic acids is 2. The first-order valence-electron chi connectivity index (χ1n) is 12.8. The topological polar surface area (TPSA) is 73.2 Å². The lowest BCUT2D eigenvalue weighted by Crippen LogP contribution is -2.31. The Labute approximate surface area is 207 Å². The minimum Gasteiger partial charge on any atom is -0.377 e. The quantitative estimate of drug-likeness (QED) is 0.416. The van der Waals surface area contributed by atoms with Gasteiger partial charge in [-0.15, -0.1) is 0 Å². The van der Waals surface area contributed by atoms with Crippen molar-refractivity contribution in [2.75, 3.05) is 18.4 Å². The van der Waals surface area contributed by atoms with E-state index in [1.165, 1.54) is 32.1 Å². The molecule has 0 bridgehead atoms. The normalized spacial score (nSPS) is 15.2. The first-order chi connectivity index (χ1) is 17.2. The second kappa shape index (κ2) is 11.2. The highest BCUT2D eigenvalue weighted by Gasteiger charge is 2.31. The molecule has 1 amide bonds. The highest BCUT2D eigenvalue weighted by atomic mass is 16.2. The van der Waals surface area contributed by atoms with Crippen LogP contribution in [0.25, 0.3) is 10.8 Å². The standard InChI is InChI=1S/C28H27N3O2.C2H6/c29-15-20-13-14-24(23-11-5-4-10-22(20)23)26(32)16-30-25-12-6-9-21-18-31(28(33)27(21)25)17-19-7-2-1-3-8-19;1-2/h4-6,9-14,19,30H,1-3,7-8,16-18H2;1-2H3. The summed E-state index contributed by atoms with van der Waals surface area (Å²) in [6.45, 7) is 5.56. The van der Waals surface area contributed by atoms with Gasteiger partial charge < -0.3 is 10.2 Å². The zero-order chi connectivity index (χ0) is 24.8. The highest BCUT2D eigenvalue weighted by molar-refractivity contribution is 6.11. The molecule has 1 saturated carbocycles. The molecular weight excluding hydrogens is 434 g/mol. The zero-order valence-corrected chi connectivity index (χ0v) is 20.6. The molecule has 0 atom stereocenters. The van der Waals surface area contributed by atoms with E-state index in [4.69, 9.17) is 0 Å². The number of fused-ring (bicyclic) bond motifs is 2. The van der Waals surface area contributed by atoms with Gasteiger partial charge in [-0.2, -0.15) is 5.26 Å². The predicted octanol–water partition coefficient (Wildman–Crippen LogP) is 6.57. The molecule has 3 aromatic rings. The van der Waals surface area contributed by atoms with Gasteiger partial charge in [0.15, 0.2) is 5.78 Å². The first kappa shape index (κ1) is 24.5. The minimum absolute atomic E-state index is 0.0648. The molecule has 2 aliphatic rings. The summed E-state index contributed by atoms with van der Waals surface area (Å²) < 4.78 is 0. The van der Waals surface area contributed by atoms with Gasteiger partial charge in [0, 0.05) is 29.7 Å². The largest absolute Gasteiger partial charge is 0.377 e. The molecule has 3 aromatic carbocycles. The number of ketones is 1. The van der Waals surface area contributed by atoms with Crippen LogP contribution in [0, 0.1) is 17.2 Å². The number of Topliss-reactive ketones (excluding diaryl/α,β-unsaturated/α-hetero) is 1. The fourth-order valence-electron chi connectivity index (χ4n) is 5.31. The van der Waals surface area contributed by atoms with E-state index in [-0.39, 0.29) is 18.2 Å². The Morgan fingerprint density at radius 2 is 1.74 bits per heavy atom. The van der Waals surface area contributed by atoms with Gasteiger partial charge in [0.05, 0.1) is 23.7 Å². The van der Waals surface area contributed by atoms with Crippen molar-refractivity contribution in [2.24, 2.45) is 5.92 Å². The van der Waals surface area contributed by atoms with Crippen LogP contribution in [0.4, 0.5) is 5.69 Å². The van der Waals surface area contributed by atoms with Crippen molar-refractivity contribution in [3.8, 4) is 6.07 Å². The van der Waals surface area contributed by atoms with Crippen LogP contribution in [0.2, 0.25) is 0 Å². The number of nitriles is 1. The van der Waals surface area contributed by atoms with E-state index in [0.29, 0.717) is 29.2 Å². The van der Waals surface area contributed by atoms with E-state index < -0.39 is 0 Å². The molecule has 0 aromatic heterocycles. The molecule has 1 fully saturated rings. The molecule has 5 heteroatoms. The molecular formula is C30H33N3O2. The highest BCUT2D eigenvalue weighted by Crippen LogP contribution is 2.32. The Balaban J connectivity index is 0.00000141. The fourth-order valence-corrected chi connectivity index (χ4v) is 5.31. The van der Waals surface area contributed by atoms with Crippen molar-refractivity contribution in [2.45, 2.75) is 52.5 Å². The molecule has 0 unspecified atom stereocenters. The van der Waals surface area contributed by atoms with E-state index in [9.17, 15) is 14.9 Å². The van der Waals surface area contributed by atoms with Gasteiger partial charge in [0.2, 0.25) is 0 Å². The summed E-state index contributed by atoms with van der Waals surface area (Å²) in [5, 5.41) is 14.2. The molecule has 5 rings (SSSR count). The number of amides is 1. The summed E-state index contributed by atoms with van der Waals surface area (Å²) in [7, 11) is 0. The summed E-state index contributed by atoms with van der Waals surface area (Å²) in [6.07, 6.45) is 6.25. The van der Waals surface area contributed by atoms with Gasteiger partial charge in [-0.05, 0) is 47.9 Å². The lowest BCUT2D eigenvalue weighted by atomic mass is 9.89. The van der Waals surface area contributed by atoms with Crippen LogP contribution >= 0.6 is 0 Å². The Morgan fingerprint density at radius 3 is 2.49 bits per heavy atom. The van der Waals surface area contributed by atoms with Crippen LogP contribution in [0.5, 0.6) is 0 Å². The third kappa shape index (κ3) is 5.07. The molecule has 1 aliphatic carbocycles. The van der Waals surface area contributed by atoms with Gasteiger partial charge in [-0.25, -0.2) is 0 Å². The third-order valence-corrected chi connectivity index (χ3v) is 7.00.